The van der Waals surface area contributed by atoms with E-state index in [4.69, 9.17) is 0 Å². The topological polar surface area (TPSA) is 81.0 Å². The molecule has 8 heteroatoms. The smallest absolute Gasteiger partial charge is 0.255 e. The molecule has 7 nitrogen and oxygen atoms in total. The van der Waals surface area contributed by atoms with Gasteiger partial charge in [0.2, 0.25) is 5.95 Å². The van der Waals surface area contributed by atoms with Crippen molar-refractivity contribution in [3.8, 4) is 11.4 Å². The molecule has 3 heterocycles. The van der Waals surface area contributed by atoms with E-state index in [-0.39, 0.29) is 17.3 Å². The number of halogens is 1. The molecular weight excluding hydrogens is 373 g/mol. The predicted octanol–water partition coefficient (Wildman–Crippen LogP) is 2.48. The summed E-state index contributed by atoms with van der Waals surface area (Å²) in [5.41, 5.74) is 1.29. The summed E-state index contributed by atoms with van der Waals surface area (Å²) < 4.78 is 14.9. The van der Waals surface area contributed by atoms with Crippen LogP contribution < -0.4 is 10.5 Å². The molecule has 1 aromatic carbocycles. The van der Waals surface area contributed by atoms with Crippen molar-refractivity contribution in [2.45, 2.75) is 12.8 Å². The van der Waals surface area contributed by atoms with E-state index >= 15 is 0 Å². The summed E-state index contributed by atoms with van der Waals surface area (Å²) in [6, 6.07) is 8.97. The number of carbonyl (C=O) groups is 1. The van der Waals surface area contributed by atoms with Gasteiger partial charge in [-0.3, -0.25) is 14.2 Å². The number of piperidine rings is 1. The lowest BCUT2D eigenvalue weighted by Crippen LogP contribution is -2.40. The average molecular weight is 393 g/mol. The highest BCUT2D eigenvalue weighted by molar-refractivity contribution is 5.98. The van der Waals surface area contributed by atoms with Gasteiger partial charge in [-0.25, -0.2) is 19.3 Å². The first-order valence-corrected chi connectivity index (χ1v) is 9.42. The zero-order valence-corrected chi connectivity index (χ0v) is 16.0. The van der Waals surface area contributed by atoms with E-state index in [1.54, 1.807) is 31.4 Å². The highest BCUT2D eigenvalue weighted by atomic mass is 19.1. The zero-order chi connectivity index (χ0) is 20.4. The number of anilines is 1. The van der Waals surface area contributed by atoms with E-state index < -0.39 is 5.82 Å². The van der Waals surface area contributed by atoms with E-state index in [9.17, 15) is 14.0 Å². The van der Waals surface area contributed by atoms with Crippen LogP contribution in [0.3, 0.4) is 0 Å². The number of rotatable bonds is 4. The van der Waals surface area contributed by atoms with Gasteiger partial charge in [0.25, 0.3) is 5.56 Å². The lowest BCUT2D eigenvalue weighted by atomic mass is 9.89. The van der Waals surface area contributed by atoms with Crippen molar-refractivity contribution in [2.75, 3.05) is 18.0 Å². The number of ketones is 1. The van der Waals surface area contributed by atoms with Gasteiger partial charge < -0.3 is 4.90 Å². The number of carbonyl (C=O) groups excluding carboxylic acids is 1. The first-order valence-electron chi connectivity index (χ1n) is 9.42. The largest absolute Gasteiger partial charge is 0.342 e. The minimum absolute atomic E-state index is 0.0410. The third-order valence-electron chi connectivity index (χ3n) is 5.21. The van der Waals surface area contributed by atoms with E-state index in [2.05, 4.69) is 15.0 Å². The summed E-state index contributed by atoms with van der Waals surface area (Å²) in [5.74, 6) is -0.0763. The summed E-state index contributed by atoms with van der Waals surface area (Å²) in [4.78, 5) is 39.8. The van der Waals surface area contributed by atoms with Crippen molar-refractivity contribution in [1.82, 2.24) is 19.5 Å². The van der Waals surface area contributed by atoms with Crippen molar-refractivity contribution in [2.24, 2.45) is 13.0 Å². The Kier molecular flexibility index (Phi) is 5.16. The molecule has 2 aromatic heterocycles. The fraction of sp³-hybridized carbons (Fsp3) is 0.286. The van der Waals surface area contributed by atoms with Gasteiger partial charge in [0.05, 0.1) is 11.4 Å². The average Bonchev–Trinajstić information content (AvgIpc) is 2.76. The molecule has 0 bridgehead atoms. The van der Waals surface area contributed by atoms with E-state index in [1.807, 2.05) is 4.90 Å². The van der Waals surface area contributed by atoms with Crippen LogP contribution in [0.1, 0.15) is 23.2 Å². The SMILES string of the molecule is Cn1c(N2CCC(C(=O)c3cccc(F)c3)CC2)nc(-c2ccncn2)cc1=O. The van der Waals surface area contributed by atoms with Gasteiger partial charge in [0, 0.05) is 43.9 Å². The summed E-state index contributed by atoms with van der Waals surface area (Å²) in [6.07, 6.45) is 4.24. The van der Waals surface area contributed by atoms with Gasteiger partial charge in [-0.15, -0.1) is 0 Å². The van der Waals surface area contributed by atoms with E-state index in [1.165, 1.54) is 29.1 Å². The molecule has 1 fully saturated rings. The van der Waals surface area contributed by atoms with Gasteiger partial charge in [-0.05, 0) is 31.0 Å². The Morgan fingerprint density at radius 3 is 2.62 bits per heavy atom. The normalized spacial score (nSPS) is 14.8. The summed E-state index contributed by atoms with van der Waals surface area (Å²) in [7, 11) is 1.68. The van der Waals surface area contributed by atoms with Crippen LogP contribution in [-0.2, 0) is 7.05 Å². The minimum atomic E-state index is -0.408. The highest BCUT2D eigenvalue weighted by Crippen LogP contribution is 2.25. The van der Waals surface area contributed by atoms with Gasteiger partial charge in [-0.1, -0.05) is 12.1 Å². The van der Waals surface area contributed by atoms with Crippen LogP contribution in [0.5, 0.6) is 0 Å². The van der Waals surface area contributed by atoms with Gasteiger partial charge in [0.15, 0.2) is 5.78 Å². The first-order chi connectivity index (χ1) is 14.0. The molecule has 0 radical (unpaired) electrons. The van der Waals surface area contributed by atoms with Crippen LogP contribution in [-0.4, -0.2) is 38.4 Å². The van der Waals surface area contributed by atoms with E-state index in [0.717, 1.165) is 0 Å². The van der Waals surface area contributed by atoms with Crippen LogP contribution in [0.25, 0.3) is 11.4 Å². The van der Waals surface area contributed by atoms with Crippen molar-refractivity contribution >= 4 is 11.7 Å². The number of Topliss-reactive ketones (excluding diaryl/α,β-unsaturated/α-hetero) is 1. The van der Waals surface area contributed by atoms with Crippen molar-refractivity contribution < 1.29 is 9.18 Å². The molecule has 4 rings (SSSR count). The molecule has 0 aliphatic carbocycles. The first kappa shape index (κ1) is 18.9. The summed E-state index contributed by atoms with van der Waals surface area (Å²) >= 11 is 0. The molecule has 1 saturated heterocycles. The molecule has 1 aliphatic rings. The lowest BCUT2D eigenvalue weighted by molar-refractivity contribution is 0.0899. The molecule has 0 amide bonds. The Morgan fingerprint density at radius 2 is 1.93 bits per heavy atom. The second-order valence-electron chi connectivity index (χ2n) is 7.07. The second-order valence-corrected chi connectivity index (χ2v) is 7.07. The molecule has 1 aliphatic heterocycles. The monoisotopic (exact) mass is 393 g/mol. The van der Waals surface area contributed by atoms with Crippen LogP contribution in [0, 0.1) is 11.7 Å². The quantitative estimate of drug-likeness (QED) is 0.634. The van der Waals surface area contributed by atoms with Crippen LogP contribution in [0.2, 0.25) is 0 Å². The Bertz CT molecular complexity index is 1090. The van der Waals surface area contributed by atoms with Crippen LogP contribution >= 0.6 is 0 Å². The number of nitrogens with zero attached hydrogens (tertiary/aromatic N) is 5. The van der Waals surface area contributed by atoms with Gasteiger partial charge in [-0.2, -0.15) is 0 Å². The van der Waals surface area contributed by atoms with Crippen LogP contribution in [0.4, 0.5) is 10.3 Å². The van der Waals surface area contributed by atoms with Crippen molar-refractivity contribution in [3.63, 3.8) is 0 Å². The number of hydrogen-bond donors (Lipinski definition) is 0. The standard InChI is InChI=1S/C21H20FN5O2/c1-26-19(28)12-18(17-5-8-23-13-24-17)25-21(26)27-9-6-14(7-10-27)20(29)15-3-2-4-16(22)11-15/h2-5,8,11-14H,6-7,9-10H2,1H3. The minimum Gasteiger partial charge on any atom is -0.342 e. The van der Waals surface area contributed by atoms with Gasteiger partial charge in [0.1, 0.15) is 12.1 Å². The number of hydrogen-bond acceptors (Lipinski definition) is 6. The molecule has 0 unspecified atom stereocenters. The molecule has 0 saturated carbocycles. The molecule has 148 valence electrons. The Labute approximate surface area is 166 Å². The summed E-state index contributed by atoms with van der Waals surface area (Å²) in [5, 5.41) is 0. The highest BCUT2D eigenvalue weighted by Gasteiger charge is 2.28. The third-order valence-corrected chi connectivity index (χ3v) is 5.21. The van der Waals surface area contributed by atoms with Crippen LogP contribution in [0.15, 0.2) is 53.7 Å². The fourth-order valence-corrected chi connectivity index (χ4v) is 3.60. The fourth-order valence-electron chi connectivity index (χ4n) is 3.60. The number of benzene rings is 1. The van der Waals surface area contributed by atoms with Crippen molar-refractivity contribution in [3.05, 3.63) is 70.7 Å². The predicted molar refractivity (Wildman–Crippen MR) is 106 cm³/mol. The Balaban J connectivity index is 1.53. The van der Waals surface area contributed by atoms with E-state index in [0.29, 0.717) is 48.8 Å². The molecule has 0 spiro atoms. The maximum absolute atomic E-state index is 13.4. The molecule has 0 N–H and O–H groups in total. The zero-order valence-electron chi connectivity index (χ0n) is 16.0. The maximum atomic E-state index is 13.4. The Morgan fingerprint density at radius 1 is 1.14 bits per heavy atom. The maximum Gasteiger partial charge on any atom is 0.255 e. The molecular formula is C21H20FN5O2. The Hall–Kier alpha value is -3.42. The van der Waals surface area contributed by atoms with Gasteiger partial charge >= 0.3 is 0 Å². The van der Waals surface area contributed by atoms with Crippen molar-refractivity contribution in [1.29, 1.82) is 0 Å². The molecule has 0 atom stereocenters. The third kappa shape index (κ3) is 3.91. The lowest BCUT2D eigenvalue weighted by Gasteiger charge is -2.33. The number of aromatic nitrogens is 4. The summed E-state index contributed by atoms with van der Waals surface area (Å²) in [6.45, 7) is 1.17. The second kappa shape index (κ2) is 7.90. The molecule has 3 aromatic rings. The molecule has 29 heavy (non-hydrogen) atoms.